The Morgan fingerprint density at radius 3 is 3.10 bits per heavy atom. The minimum atomic E-state index is -0.521. The van der Waals surface area contributed by atoms with Gasteiger partial charge in [0.2, 0.25) is 0 Å². The van der Waals surface area contributed by atoms with Crippen molar-refractivity contribution in [2.24, 2.45) is 0 Å². The zero-order chi connectivity index (χ0) is 14.7. The number of halogens is 1. The second-order valence-electron chi connectivity index (χ2n) is 5.61. The molecule has 0 fully saturated rings. The minimum Gasteiger partial charge on any atom is -0.387 e. The van der Waals surface area contributed by atoms with Gasteiger partial charge in [-0.2, -0.15) is 0 Å². The average molecular weight is 301 g/mol. The molecule has 1 aliphatic rings. The number of nitrogens with one attached hydrogen (secondary N) is 1. The first-order chi connectivity index (χ1) is 10.2. The number of aryl methyl sites for hydroxylation is 1. The SMILES string of the molecule is O[C@@H](CN[C@H]1CCc2cc[c]cc2C1)c1cccc(Cl)c1. The Bertz CT molecular complexity index is 614. The zero-order valence-corrected chi connectivity index (χ0v) is 12.6. The van der Waals surface area contributed by atoms with Crippen LogP contribution in [0.2, 0.25) is 5.02 Å². The van der Waals surface area contributed by atoms with Gasteiger partial charge in [0.05, 0.1) is 6.10 Å². The molecule has 2 aromatic carbocycles. The molecule has 2 aromatic rings. The highest BCUT2D eigenvalue weighted by Gasteiger charge is 2.19. The van der Waals surface area contributed by atoms with Crippen LogP contribution in [-0.2, 0) is 12.8 Å². The Kier molecular flexibility index (Phi) is 4.59. The van der Waals surface area contributed by atoms with Crippen LogP contribution in [0.5, 0.6) is 0 Å². The lowest BCUT2D eigenvalue weighted by Crippen LogP contribution is -2.37. The van der Waals surface area contributed by atoms with Crippen LogP contribution in [0.3, 0.4) is 0 Å². The van der Waals surface area contributed by atoms with Gasteiger partial charge in [0.1, 0.15) is 0 Å². The maximum absolute atomic E-state index is 10.2. The summed E-state index contributed by atoms with van der Waals surface area (Å²) in [6.07, 6.45) is 2.69. The van der Waals surface area contributed by atoms with Crippen molar-refractivity contribution in [2.45, 2.75) is 31.4 Å². The van der Waals surface area contributed by atoms with Crippen LogP contribution in [0.15, 0.2) is 42.5 Å². The van der Waals surface area contributed by atoms with E-state index in [0.717, 1.165) is 24.8 Å². The molecule has 0 aliphatic heterocycles. The van der Waals surface area contributed by atoms with Crippen LogP contribution < -0.4 is 5.32 Å². The highest BCUT2D eigenvalue weighted by Crippen LogP contribution is 2.22. The maximum atomic E-state index is 10.2. The number of fused-ring (bicyclic) bond motifs is 1. The molecule has 21 heavy (non-hydrogen) atoms. The van der Waals surface area contributed by atoms with Crippen LogP contribution in [0, 0.1) is 6.07 Å². The van der Waals surface area contributed by atoms with E-state index in [-0.39, 0.29) is 0 Å². The third-order valence-electron chi connectivity index (χ3n) is 4.11. The van der Waals surface area contributed by atoms with Crippen molar-refractivity contribution >= 4 is 11.6 Å². The summed E-state index contributed by atoms with van der Waals surface area (Å²) in [6.45, 7) is 0.552. The Balaban J connectivity index is 1.57. The van der Waals surface area contributed by atoms with Crippen LogP contribution >= 0.6 is 11.6 Å². The van der Waals surface area contributed by atoms with E-state index >= 15 is 0 Å². The highest BCUT2D eigenvalue weighted by atomic mass is 35.5. The Morgan fingerprint density at radius 2 is 2.24 bits per heavy atom. The van der Waals surface area contributed by atoms with E-state index in [0.29, 0.717) is 17.6 Å². The lowest BCUT2D eigenvalue weighted by atomic mass is 9.88. The van der Waals surface area contributed by atoms with Crippen LogP contribution in [0.25, 0.3) is 0 Å². The van der Waals surface area contributed by atoms with Gasteiger partial charge in [-0.25, -0.2) is 0 Å². The van der Waals surface area contributed by atoms with E-state index in [1.165, 1.54) is 11.1 Å². The molecular weight excluding hydrogens is 282 g/mol. The highest BCUT2D eigenvalue weighted by molar-refractivity contribution is 6.30. The molecule has 0 spiro atoms. The van der Waals surface area contributed by atoms with Crippen molar-refractivity contribution in [1.29, 1.82) is 0 Å². The van der Waals surface area contributed by atoms with Gasteiger partial charge in [0.25, 0.3) is 0 Å². The lowest BCUT2D eigenvalue weighted by molar-refractivity contribution is 0.168. The summed E-state index contributed by atoms with van der Waals surface area (Å²) in [6, 6.07) is 17.2. The minimum absolute atomic E-state index is 0.419. The Morgan fingerprint density at radius 1 is 1.33 bits per heavy atom. The molecule has 109 valence electrons. The molecule has 0 unspecified atom stereocenters. The zero-order valence-electron chi connectivity index (χ0n) is 11.8. The maximum Gasteiger partial charge on any atom is 0.0914 e. The molecular formula is C18H19ClNO. The van der Waals surface area contributed by atoms with Gasteiger partial charge < -0.3 is 10.4 Å². The molecule has 0 amide bonds. The normalized spacial score (nSPS) is 19.0. The van der Waals surface area contributed by atoms with E-state index < -0.39 is 6.10 Å². The number of hydrogen-bond donors (Lipinski definition) is 2. The number of aliphatic hydroxyl groups is 1. The van der Waals surface area contributed by atoms with E-state index in [4.69, 9.17) is 11.6 Å². The van der Waals surface area contributed by atoms with Crippen molar-refractivity contribution in [3.63, 3.8) is 0 Å². The van der Waals surface area contributed by atoms with Gasteiger partial charge in [-0.15, -0.1) is 0 Å². The first-order valence-corrected chi connectivity index (χ1v) is 7.75. The molecule has 0 saturated carbocycles. The molecule has 0 aromatic heterocycles. The first kappa shape index (κ1) is 14.6. The predicted molar refractivity (Wildman–Crippen MR) is 85.5 cm³/mol. The fraction of sp³-hybridized carbons (Fsp3) is 0.333. The van der Waals surface area contributed by atoms with Gasteiger partial charge in [-0.05, 0) is 54.2 Å². The van der Waals surface area contributed by atoms with Crippen LogP contribution in [-0.4, -0.2) is 17.7 Å². The van der Waals surface area contributed by atoms with E-state index in [2.05, 4.69) is 23.5 Å². The number of rotatable bonds is 4. The number of aliphatic hydroxyl groups excluding tert-OH is 1. The summed E-state index contributed by atoms with van der Waals surface area (Å²) < 4.78 is 0. The molecule has 2 nitrogen and oxygen atoms in total. The lowest BCUT2D eigenvalue weighted by Gasteiger charge is -2.26. The van der Waals surface area contributed by atoms with E-state index in [1.54, 1.807) is 0 Å². The summed E-state index contributed by atoms with van der Waals surface area (Å²) in [7, 11) is 0. The molecule has 0 bridgehead atoms. The van der Waals surface area contributed by atoms with Crippen LogP contribution in [0.4, 0.5) is 0 Å². The molecule has 0 saturated heterocycles. The van der Waals surface area contributed by atoms with E-state index in [1.807, 2.05) is 30.3 Å². The fourth-order valence-electron chi connectivity index (χ4n) is 2.91. The second-order valence-corrected chi connectivity index (χ2v) is 6.05. The molecule has 1 radical (unpaired) electrons. The largest absolute Gasteiger partial charge is 0.387 e. The first-order valence-electron chi connectivity index (χ1n) is 7.37. The molecule has 2 atom stereocenters. The van der Waals surface area contributed by atoms with E-state index in [9.17, 15) is 5.11 Å². The predicted octanol–water partition coefficient (Wildman–Crippen LogP) is 3.32. The van der Waals surface area contributed by atoms with Crippen molar-refractivity contribution < 1.29 is 5.11 Å². The molecule has 0 heterocycles. The molecule has 3 heteroatoms. The van der Waals surface area contributed by atoms with Gasteiger partial charge >= 0.3 is 0 Å². The second kappa shape index (κ2) is 6.61. The van der Waals surface area contributed by atoms with Gasteiger partial charge in [0, 0.05) is 17.6 Å². The van der Waals surface area contributed by atoms with Crippen molar-refractivity contribution in [3.05, 3.63) is 70.2 Å². The topological polar surface area (TPSA) is 32.3 Å². The summed E-state index contributed by atoms with van der Waals surface area (Å²) in [5.74, 6) is 0. The third-order valence-corrected chi connectivity index (χ3v) is 4.35. The van der Waals surface area contributed by atoms with Gasteiger partial charge in [0.15, 0.2) is 0 Å². The molecule has 1 aliphatic carbocycles. The molecule has 2 N–H and O–H groups in total. The fourth-order valence-corrected chi connectivity index (χ4v) is 3.11. The average Bonchev–Trinajstić information content (AvgIpc) is 2.52. The monoisotopic (exact) mass is 300 g/mol. The van der Waals surface area contributed by atoms with Crippen molar-refractivity contribution in [3.8, 4) is 0 Å². The smallest absolute Gasteiger partial charge is 0.0914 e. The van der Waals surface area contributed by atoms with Crippen molar-refractivity contribution in [1.82, 2.24) is 5.32 Å². The number of hydrogen-bond acceptors (Lipinski definition) is 2. The third kappa shape index (κ3) is 3.65. The summed E-state index contributed by atoms with van der Waals surface area (Å²) in [5.41, 5.74) is 3.67. The van der Waals surface area contributed by atoms with Gasteiger partial charge in [-0.3, -0.25) is 0 Å². The Hall–Kier alpha value is -1.35. The quantitative estimate of drug-likeness (QED) is 0.908. The summed E-state index contributed by atoms with van der Waals surface area (Å²) >= 11 is 5.96. The molecule has 3 rings (SSSR count). The van der Waals surface area contributed by atoms with Crippen molar-refractivity contribution in [2.75, 3.05) is 6.54 Å². The Labute approximate surface area is 130 Å². The standard InChI is InChI=1S/C18H19ClNO/c19-16-7-3-6-15(10-16)18(21)12-20-17-9-8-13-4-1-2-5-14(13)11-17/h1,3-7,10,17-18,20-21H,8-9,11-12H2/t17-,18-/m0/s1. The van der Waals surface area contributed by atoms with Gasteiger partial charge in [-0.1, -0.05) is 41.9 Å². The summed E-state index contributed by atoms with van der Waals surface area (Å²) in [4.78, 5) is 0. The number of benzene rings is 2. The summed E-state index contributed by atoms with van der Waals surface area (Å²) in [5, 5.41) is 14.4. The van der Waals surface area contributed by atoms with Crippen LogP contribution in [0.1, 0.15) is 29.2 Å².